The quantitative estimate of drug-likeness (QED) is 0.452. The van der Waals surface area contributed by atoms with Crippen molar-refractivity contribution in [1.82, 2.24) is 4.57 Å². The molecule has 3 aromatic rings. The van der Waals surface area contributed by atoms with Crippen molar-refractivity contribution in [3.05, 3.63) is 66.1 Å². The summed E-state index contributed by atoms with van der Waals surface area (Å²) in [6.45, 7) is 4.12. The van der Waals surface area contributed by atoms with Crippen molar-refractivity contribution in [3.8, 4) is 11.1 Å². The Labute approximate surface area is 231 Å². The van der Waals surface area contributed by atoms with E-state index in [1.165, 1.54) is 12.1 Å². The number of fused-ring (bicyclic) bond motifs is 1. The van der Waals surface area contributed by atoms with E-state index < -0.39 is 24.6 Å². The number of aromatic nitrogens is 1. The second-order valence-corrected chi connectivity index (χ2v) is 7.66. The maximum atomic E-state index is 13.5. The van der Waals surface area contributed by atoms with Gasteiger partial charge >= 0.3 is 65.1 Å². The summed E-state index contributed by atoms with van der Waals surface area (Å²) < 4.78 is 15.6. The molecule has 3 rings (SSSR count). The Bertz CT molecular complexity index is 1060. The molecule has 1 heterocycles. The molecule has 0 radical (unpaired) electrons. The number of halogens is 1. The van der Waals surface area contributed by atoms with Crippen molar-refractivity contribution in [2.45, 2.75) is 44.9 Å². The predicted octanol–water partition coefficient (Wildman–Crippen LogP) is 3.33. The number of para-hydroxylation sites is 1. The fraction of sp³-hybridized carbons (Fsp3) is 0.292. The second kappa shape index (κ2) is 13.1. The molecule has 0 aliphatic carbocycles. The number of hydrogen-bond donors (Lipinski definition) is 3. The van der Waals surface area contributed by atoms with Gasteiger partial charge < -0.3 is 19.9 Å². The van der Waals surface area contributed by atoms with Crippen LogP contribution in [0.2, 0.25) is 0 Å². The van der Waals surface area contributed by atoms with Crippen LogP contribution >= 0.6 is 0 Å². The van der Waals surface area contributed by atoms with Crippen LogP contribution in [0.15, 0.2) is 54.6 Å². The number of carboxylic acid groups (broad SMARTS) is 1. The molecular weight excluding hydrogens is 431 g/mol. The van der Waals surface area contributed by atoms with E-state index in [0.29, 0.717) is 0 Å². The number of benzene rings is 2. The minimum absolute atomic E-state index is 0. The van der Waals surface area contributed by atoms with Crippen molar-refractivity contribution >= 4 is 82.1 Å². The molecule has 2 aromatic carbocycles. The van der Waals surface area contributed by atoms with Crippen LogP contribution < -0.4 is 0 Å². The van der Waals surface area contributed by atoms with Crippen LogP contribution in [0.25, 0.3) is 28.1 Å². The number of nitrogens with zero attached hydrogens (tertiary/aromatic N) is 1. The van der Waals surface area contributed by atoms with Crippen molar-refractivity contribution in [2.24, 2.45) is 0 Å². The van der Waals surface area contributed by atoms with Crippen LogP contribution in [-0.4, -0.2) is 97.2 Å². The zero-order chi connectivity index (χ0) is 21.8. The van der Waals surface area contributed by atoms with Crippen LogP contribution in [0.4, 0.5) is 4.39 Å². The molecule has 0 amide bonds. The van der Waals surface area contributed by atoms with Gasteiger partial charge in [0.2, 0.25) is 0 Å². The molecule has 0 unspecified atom stereocenters. The van der Waals surface area contributed by atoms with Gasteiger partial charge in [-0.25, -0.2) is 4.39 Å². The van der Waals surface area contributed by atoms with E-state index >= 15 is 0 Å². The molecule has 0 saturated carbocycles. The Balaban J connectivity index is 0.00000256. The summed E-state index contributed by atoms with van der Waals surface area (Å²) in [5, 5.41) is 29.9. The standard InChI is InChI=1S/C24H26FNO4.2Na.2H/c1-15(2)26-21-6-4-3-5-20(21)24(16-7-9-17(25)10-8-16)22(26)12-11-18(27)13-19(28)14-23(29)30;;;;/h3-12,15,18-19,27-28H,13-14H2,1-2H3,(H,29,30);;;;/b12-11+;;;;/t18-,19-;;;;/m0..../s1. The fourth-order valence-electron chi connectivity index (χ4n) is 3.77. The molecule has 162 valence electrons. The Hall–Kier alpha value is -0.960. The molecule has 3 N–H and O–H groups in total. The van der Waals surface area contributed by atoms with E-state index in [2.05, 4.69) is 18.4 Å². The molecule has 0 fully saturated rings. The molecule has 0 aliphatic heterocycles. The monoisotopic (exact) mass is 459 g/mol. The van der Waals surface area contributed by atoms with Gasteiger partial charge in [-0.2, -0.15) is 0 Å². The topological polar surface area (TPSA) is 82.7 Å². The average Bonchev–Trinajstić information content (AvgIpc) is 3.00. The van der Waals surface area contributed by atoms with Gasteiger partial charge in [-0.1, -0.05) is 36.4 Å². The average molecular weight is 459 g/mol. The van der Waals surface area contributed by atoms with Crippen molar-refractivity contribution in [2.75, 3.05) is 0 Å². The van der Waals surface area contributed by atoms with Gasteiger partial charge in [-0.3, -0.25) is 4.79 Å². The van der Waals surface area contributed by atoms with E-state index in [4.69, 9.17) is 5.11 Å². The molecule has 8 heteroatoms. The Kier molecular flexibility index (Phi) is 11.9. The molecule has 0 saturated heterocycles. The summed E-state index contributed by atoms with van der Waals surface area (Å²) in [6.07, 6.45) is 0.727. The third-order valence-corrected chi connectivity index (χ3v) is 5.00. The Morgan fingerprint density at radius 1 is 1.06 bits per heavy atom. The zero-order valence-corrected chi connectivity index (χ0v) is 17.0. The molecule has 32 heavy (non-hydrogen) atoms. The third-order valence-electron chi connectivity index (χ3n) is 5.00. The first-order valence-corrected chi connectivity index (χ1v) is 9.93. The van der Waals surface area contributed by atoms with Crippen LogP contribution in [0, 0.1) is 5.82 Å². The van der Waals surface area contributed by atoms with Gasteiger partial charge in [0.05, 0.1) is 18.6 Å². The van der Waals surface area contributed by atoms with Gasteiger partial charge in [0, 0.05) is 34.6 Å². The van der Waals surface area contributed by atoms with Crippen LogP contribution in [0.1, 0.15) is 38.4 Å². The van der Waals surface area contributed by atoms with Crippen LogP contribution in [0.5, 0.6) is 0 Å². The SMILES string of the molecule is CC(C)n1c(/C=C/[C@H](O)C[C@H](O)CC(=O)O)c(-c2ccc(F)cc2)c2ccccc21.[NaH].[NaH]. The molecule has 0 aliphatic rings. The fourth-order valence-corrected chi connectivity index (χ4v) is 3.77. The van der Waals surface area contributed by atoms with Crippen molar-refractivity contribution in [3.63, 3.8) is 0 Å². The Morgan fingerprint density at radius 3 is 2.28 bits per heavy atom. The number of rotatable bonds is 8. The van der Waals surface area contributed by atoms with Gasteiger partial charge in [0.15, 0.2) is 0 Å². The zero-order valence-electron chi connectivity index (χ0n) is 17.0. The summed E-state index contributed by atoms with van der Waals surface area (Å²) >= 11 is 0. The summed E-state index contributed by atoms with van der Waals surface area (Å²) in [4.78, 5) is 10.7. The summed E-state index contributed by atoms with van der Waals surface area (Å²) in [7, 11) is 0. The minimum atomic E-state index is -1.13. The molecule has 1 aromatic heterocycles. The first-order valence-electron chi connectivity index (χ1n) is 9.93. The van der Waals surface area contributed by atoms with Gasteiger partial charge in [0.25, 0.3) is 0 Å². The molecule has 2 atom stereocenters. The summed E-state index contributed by atoms with van der Waals surface area (Å²) in [6, 6.07) is 14.4. The number of carboxylic acids is 1. The summed E-state index contributed by atoms with van der Waals surface area (Å²) in [5.41, 5.74) is 3.65. The van der Waals surface area contributed by atoms with Crippen LogP contribution in [0.3, 0.4) is 0 Å². The van der Waals surface area contributed by atoms with Crippen molar-refractivity contribution in [1.29, 1.82) is 0 Å². The second-order valence-electron chi connectivity index (χ2n) is 7.66. The molecular formula is C24H28FNNa2O4. The number of carbonyl (C=O) groups is 1. The number of aliphatic carboxylic acids is 1. The van der Waals surface area contributed by atoms with E-state index in [-0.39, 0.29) is 77.4 Å². The molecule has 0 bridgehead atoms. The van der Waals surface area contributed by atoms with Crippen LogP contribution in [-0.2, 0) is 4.79 Å². The van der Waals surface area contributed by atoms with Gasteiger partial charge in [0.1, 0.15) is 5.82 Å². The number of hydrogen-bond acceptors (Lipinski definition) is 3. The van der Waals surface area contributed by atoms with Gasteiger partial charge in [-0.15, -0.1) is 0 Å². The maximum absolute atomic E-state index is 13.5. The first-order chi connectivity index (χ1) is 14.3. The van der Waals surface area contributed by atoms with E-state index in [1.54, 1.807) is 24.3 Å². The number of aliphatic hydroxyl groups is 2. The third kappa shape index (κ3) is 7.02. The molecule has 5 nitrogen and oxygen atoms in total. The van der Waals surface area contributed by atoms with E-state index in [9.17, 15) is 19.4 Å². The predicted molar refractivity (Wildman–Crippen MR) is 130 cm³/mol. The number of aliphatic hydroxyl groups excluding tert-OH is 2. The van der Waals surface area contributed by atoms with E-state index in [0.717, 1.165) is 27.7 Å². The summed E-state index contributed by atoms with van der Waals surface area (Å²) in [5.74, 6) is -1.43. The van der Waals surface area contributed by atoms with Crippen molar-refractivity contribution < 1.29 is 24.5 Å². The first kappa shape index (κ1) is 29.1. The molecule has 0 spiro atoms. The normalized spacial score (nSPS) is 13.1. The van der Waals surface area contributed by atoms with Gasteiger partial charge in [-0.05, 0) is 43.7 Å². The Morgan fingerprint density at radius 2 is 1.69 bits per heavy atom. The van der Waals surface area contributed by atoms with E-state index in [1.807, 2.05) is 24.3 Å².